The SMILES string of the molecule is CC1CCCC(O)(CNC(=O)C2CC=CCC2C(=O)O)C1. The Hall–Kier alpha value is -1.36. The number of allylic oxidation sites excluding steroid dienone is 2. The molecule has 21 heavy (non-hydrogen) atoms. The molecule has 0 spiro atoms. The standard InChI is InChI=1S/C16H25NO4/c1-11-5-4-8-16(21,9-11)10-17-14(18)12-6-2-3-7-13(12)15(19)20/h2-3,11-13,21H,4-10H2,1H3,(H,17,18)(H,19,20). The van der Waals surface area contributed by atoms with Gasteiger partial charge in [0.1, 0.15) is 0 Å². The Morgan fingerprint density at radius 2 is 1.95 bits per heavy atom. The third-order valence-electron chi connectivity index (χ3n) is 4.75. The minimum absolute atomic E-state index is 0.225. The van der Waals surface area contributed by atoms with Crippen molar-refractivity contribution in [3.05, 3.63) is 12.2 Å². The first-order valence-corrected chi connectivity index (χ1v) is 7.79. The molecule has 0 aliphatic heterocycles. The Bertz CT molecular complexity index is 434. The van der Waals surface area contributed by atoms with Gasteiger partial charge in [-0.25, -0.2) is 0 Å². The van der Waals surface area contributed by atoms with E-state index in [2.05, 4.69) is 12.2 Å². The molecule has 118 valence electrons. The van der Waals surface area contributed by atoms with Gasteiger partial charge in [-0.05, 0) is 31.6 Å². The highest BCUT2D eigenvalue weighted by Crippen LogP contribution is 2.32. The second kappa shape index (κ2) is 6.60. The maximum atomic E-state index is 12.3. The van der Waals surface area contributed by atoms with Crippen LogP contribution in [-0.2, 0) is 9.59 Å². The van der Waals surface area contributed by atoms with Crippen molar-refractivity contribution < 1.29 is 19.8 Å². The van der Waals surface area contributed by atoms with Crippen LogP contribution < -0.4 is 5.32 Å². The number of amides is 1. The maximum Gasteiger partial charge on any atom is 0.307 e. The average Bonchev–Trinajstić information content (AvgIpc) is 2.44. The molecule has 1 amide bonds. The zero-order valence-corrected chi connectivity index (χ0v) is 12.5. The second-order valence-electron chi connectivity index (χ2n) is 6.64. The molecule has 0 radical (unpaired) electrons. The third-order valence-corrected chi connectivity index (χ3v) is 4.75. The maximum absolute atomic E-state index is 12.3. The number of hydrogen-bond donors (Lipinski definition) is 3. The molecule has 0 saturated heterocycles. The molecule has 2 aliphatic carbocycles. The van der Waals surface area contributed by atoms with Gasteiger partial charge in [0.25, 0.3) is 0 Å². The van der Waals surface area contributed by atoms with Gasteiger partial charge in [-0.15, -0.1) is 0 Å². The molecule has 5 heteroatoms. The Labute approximate surface area is 125 Å². The van der Waals surface area contributed by atoms with Crippen LogP contribution in [0, 0.1) is 17.8 Å². The van der Waals surface area contributed by atoms with Crippen LogP contribution in [0.4, 0.5) is 0 Å². The van der Waals surface area contributed by atoms with Crippen LogP contribution in [0.1, 0.15) is 45.4 Å². The summed E-state index contributed by atoms with van der Waals surface area (Å²) in [6.45, 7) is 2.33. The summed E-state index contributed by atoms with van der Waals surface area (Å²) in [5, 5.41) is 22.5. The zero-order chi connectivity index (χ0) is 15.5. The van der Waals surface area contributed by atoms with Crippen molar-refractivity contribution in [2.24, 2.45) is 17.8 Å². The van der Waals surface area contributed by atoms with Crippen molar-refractivity contribution in [3.8, 4) is 0 Å². The van der Waals surface area contributed by atoms with Gasteiger partial charge >= 0.3 is 5.97 Å². The molecule has 0 heterocycles. The predicted molar refractivity (Wildman–Crippen MR) is 78.6 cm³/mol. The van der Waals surface area contributed by atoms with Gasteiger partial charge in [0.2, 0.25) is 5.91 Å². The van der Waals surface area contributed by atoms with Crippen molar-refractivity contribution in [1.29, 1.82) is 0 Å². The van der Waals surface area contributed by atoms with Crippen LogP contribution >= 0.6 is 0 Å². The molecule has 4 unspecified atom stereocenters. The Balaban J connectivity index is 1.91. The fraction of sp³-hybridized carbons (Fsp3) is 0.750. The van der Waals surface area contributed by atoms with Crippen molar-refractivity contribution in [1.82, 2.24) is 5.32 Å². The molecule has 3 N–H and O–H groups in total. The van der Waals surface area contributed by atoms with Crippen LogP contribution in [0.5, 0.6) is 0 Å². The highest BCUT2D eigenvalue weighted by molar-refractivity contribution is 5.85. The normalized spacial score (nSPS) is 36.2. The summed E-state index contributed by atoms with van der Waals surface area (Å²) in [4.78, 5) is 23.5. The topological polar surface area (TPSA) is 86.6 Å². The molecule has 2 aliphatic rings. The number of rotatable bonds is 4. The Morgan fingerprint density at radius 1 is 1.29 bits per heavy atom. The van der Waals surface area contributed by atoms with E-state index >= 15 is 0 Å². The highest BCUT2D eigenvalue weighted by atomic mass is 16.4. The van der Waals surface area contributed by atoms with E-state index in [0.29, 0.717) is 31.6 Å². The molecule has 0 aromatic rings. The summed E-state index contributed by atoms with van der Waals surface area (Å²) in [5.74, 6) is -1.90. The van der Waals surface area contributed by atoms with Crippen molar-refractivity contribution in [3.63, 3.8) is 0 Å². The molecule has 1 saturated carbocycles. The molecule has 2 rings (SSSR count). The van der Waals surface area contributed by atoms with Gasteiger partial charge in [-0.1, -0.05) is 31.9 Å². The van der Waals surface area contributed by atoms with Crippen LogP contribution in [0.2, 0.25) is 0 Å². The van der Waals surface area contributed by atoms with Crippen molar-refractivity contribution in [2.75, 3.05) is 6.54 Å². The fourth-order valence-electron chi connectivity index (χ4n) is 3.55. The second-order valence-corrected chi connectivity index (χ2v) is 6.64. The molecule has 1 fully saturated rings. The third kappa shape index (κ3) is 4.06. The lowest BCUT2D eigenvalue weighted by atomic mass is 9.78. The molecule has 5 nitrogen and oxygen atoms in total. The number of aliphatic hydroxyl groups is 1. The highest BCUT2D eigenvalue weighted by Gasteiger charge is 2.37. The van der Waals surface area contributed by atoms with Crippen LogP contribution in [0.25, 0.3) is 0 Å². The monoisotopic (exact) mass is 295 g/mol. The lowest BCUT2D eigenvalue weighted by Crippen LogP contribution is -2.48. The summed E-state index contributed by atoms with van der Waals surface area (Å²) in [6.07, 6.45) is 8.01. The first-order valence-electron chi connectivity index (χ1n) is 7.79. The largest absolute Gasteiger partial charge is 0.481 e. The zero-order valence-electron chi connectivity index (χ0n) is 12.5. The number of carbonyl (C=O) groups excluding carboxylic acids is 1. The summed E-state index contributed by atoms with van der Waals surface area (Å²) in [5.41, 5.74) is -0.837. The Kier molecular flexibility index (Phi) is 5.04. The van der Waals surface area contributed by atoms with E-state index in [1.54, 1.807) is 0 Å². The average molecular weight is 295 g/mol. The summed E-state index contributed by atoms with van der Waals surface area (Å²) >= 11 is 0. The summed E-state index contributed by atoms with van der Waals surface area (Å²) < 4.78 is 0. The molecule has 0 bridgehead atoms. The predicted octanol–water partition coefficient (Wildman–Crippen LogP) is 1.71. The fourth-order valence-corrected chi connectivity index (χ4v) is 3.55. The van der Waals surface area contributed by atoms with E-state index < -0.39 is 23.4 Å². The first kappa shape index (κ1) is 16.0. The van der Waals surface area contributed by atoms with E-state index in [1.165, 1.54) is 0 Å². The van der Waals surface area contributed by atoms with E-state index in [1.807, 2.05) is 12.2 Å². The summed E-state index contributed by atoms with van der Waals surface area (Å²) in [6, 6.07) is 0. The van der Waals surface area contributed by atoms with E-state index in [0.717, 1.165) is 12.8 Å². The van der Waals surface area contributed by atoms with E-state index in [9.17, 15) is 19.8 Å². The Morgan fingerprint density at radius 3 is 2.57 bits per heavy atom. The molecular formula is C16H25NO4. The van der Waals surface area contributed by atoms with Crippen LogP contribution in [0.3, 0.4) is 0 Å². The van der Waals surface area contributed by atoms with Gasteiger partial charge in [0.05, 0.1) is 17.4 Å². The smallest absolute Gasteiger partial charge is 0.307 e. The van der Waals surface area contributed by atoms with Crippen molar-refractivity contribution >= 4 is 11.9 Å². The summed E-state index contributed by atoms with van der Waals surface area (Å²) in [7, 11) is 0. The number of carboxylic acids is 1. The van der Waals surface area contributed by atoms with Crippen LogP contribution in [0.15, 0.2) is 12.2 Å². The van der Waals surface area contributed by atoms with Gasteiger partial charge in [-0.2, -0.15) is 0 Å². The minimum atomic E-state index is -0.926. The first-order chi connectivity index (χ1) is 9.91. The quantitative estimate of drug-likeness (QED) is 0.689. The molecular weight excluding hydrogens is 270 g/mol. The van der Waals surface area contributed by atoms with Crippen LogP contribution in [-0.4, -0.2) is 34.2 Å². The van der Waals surface area contributed by atoms with Gasteiger partial charge < -0.3 is 15.5 Å². The lowest BCUT2D eigenvalue weighted by Gasteiger charge is -2.36. The van der Waals surface area contributed by atoms with Gasteiger partial charge in [0.15, 0.2) is 0 Å². The number of carboxylic acid groups (broad SMARTS) is 1. The van der Waals surface area contributed by atoms with Crippen molar-refractivity contribution in [2.45, 2.75) is 51.0 Å². The number of hydrogen-bond acceptors (Lipinski definition) is 3. The molecule has 4 atom stereocenters. The van der Waals surface area contributed by atoms with E-state index in [4.69, 9.17) is 0 Å². The molecule has 0 aromatic heterocycles. The lowest BCUT2D eigenvalue weighted by molar-refractivity contribution is -0.147. The number of carbonyl (C=O) groups is 2. The minimum Gasteiger partial charge on any atom is -0.481 e. The van der Waals surface area contributed by atoms with Gasteiger partial charge in [-0.3, -0.25) is 9.59 Å². The van der Waals surface area contributed by atoms with Gasteiger partial charge in [0, 0.05) is 6.54 Å². The van der Waals surface area contributed by atoms with E-state index in [-0.39, 0.29) is 12.5 Å². The number of nitrogens with one attached hydrogen (secondary N) is 1. The molecule has 0 aromatic carbocycles. The number of aliphatic carboxylic acids is 1.